The van der Waals surface area contributed by atoms with E-state index in [4.69, 9.17) is 9.47 Å². The maximum atomic E-state index is 12.0. The van der Waals surface area contributed by atoms with Gasteiger partial charge in [0.05, 0.1) is 6.61 Å². The second-order valence-electron chi connectivity index (χ2n) is 6.72. The number of amides is 1. The molecule has 0 spiro atoms. The summed E-state index contributed by atoms with van der Waals surface area (Å²) in [4.78, 5) is 17.9. The molecule has 22 heavy (non-hydrogen) atoms. The number of nitrogens with zero attached hydrogens (tertiary/aromatic N) is 2. The number of hydrogen-bond donors (Lipinski definition) is 0. The molecule has 5 nitrogen and oxygen atoms in total. The molecule has 5 heteroatoms. The lowest BCUT2D eigenvalue weighted by Gasteiger charge is -2.33. The van der Waals surface area contributed by atoms with Crippen LogP contribution in [0.3, 0.4) is 0 Å². The average molecular weight is 306 g/mol. The van der Waals surface area contributed by atoms with Gasteiger partial charge in [-0.1, -0.05) is 6.07 Å². The summed E-state index contributed by atoms with van der Waals surface area (Å²) in [6.45, 7) is 7.90. The third-order valence-electron chi connectivity index (χ3n) is 3.68. The highest BCUT2D eigenvalue weighted by atomic mass is 16.6. The number of aromatic nitrogens is 1. The normalized spacial score (nSPS) is 16.4. The summed E-state index contributed by atoms with van der Waals surface area (Å²) < 4.78 is 11.0. The van der Waals surface area contributed by atoms with Crippen LogP contribution in [0.5, 0.6) is 5.88 Å². The van der Waals surface area contributed by atoms with Gasteiger partial charge in [-0.25, -0.2) is 9.78 Å². The molecule has 1 fully saturated rings. The van der Waals surface area contributed by atoms with Gasteiger partial charge in [0.15, 0.2) is 0 Å². The minimum atomic E-state index is -0.426. The fourth-order valence-electron chi connectivity index (χ4n) is 2.49. The van der Waals surface area contributed by atoms with Crippen LogP contribution >= 0.6 is 0 Å². The van der Waals surface area contributed by atoms with Gasteiger partial charge < -0.3 is 14.4 Å². The number of carbonyl (C=O) groups excluding carboxylic acids is 1. The van der Waals surface area contributed by atoms with Gasteiger partial charge in [0.2, 0.25) is 5.88 Å². The van der Waals surface area contributed by atoms with E-state index in [0.29, 0.717) is 18.4 Å². The topological polar surface area (TPSA) is 51.7 Å². The molecular weight excluding hydrogens is 280 g/mol. The molecule has 0 bridgehead atoms. The summed E-state index contributed by atoms with van der Waals surface area (Å²) in [5, 5.41) is 0. The zero-order valence-corrected chi connectivity index (χ0v) is 13.7. The lowest BCUT2D eigenvalue weighted by Crippen LogP contribution is -2.41. The van der Waals surface area contributed by atoms with E-state index in [2.05, 4.69) is 4.98 Å². The minimum absolute atomic E-state index is 0.198. The Kier molecular flexibility index (Phi) is 5.63. The quantitative estimate of drug-likeness (QED) is 0.854. The molecule has 0 atom stereocenters. The highest BCUT2D eigenvalue weighted by Gasteiger charge is 2.26. The zero-order chi connectivity index (χ0) is 16.0. The van der Waals surface area contributed by atoms with Crippen molar-refractivity contribution in [2.75, 3.05) is 19.7 Å². The summed E-state index contributed by atoms with van der Waals surface area (Å²) in [6.07, 6.45) is 4.54. The van der Waals surface area contributed by atoms with Crippen LogP contribution in [0, 0.1) is 5.92 Å². The minimum Gasteiger partial charge on any atom is -0.478 e. The summed E-state index contributed by atoms with van der Waals surface area (Å²) in [5.74, 6) is 1.27. The van der Waals surface area contributed by atoms with Crippen LogP contribution < -0.4 is 4.74 Å². The number of piperidine rings is 1. The lowest BCUT2D eigenvalue weighted by molar-refractivity contribution is 0.0177. The molecule has 2 heterocycles. The second kappa shape index (κ2) is 7.47. The monoisotopic (exact) mass is 306 g/mol. The van der Waals surface area contributed by atoms with Crippen LogP contribution in [0.2, 0.25) is 0 Å². The Hall–Kier alpha value is -1.78. The van der Waals surface area contributed by atoms with Crippen LogP contribution in [0.25, 0.3) is 0 Å². The van der Waals surface area contributed by atoms with E-state index < -0.39 is 5.60 Å². The van der Waals surface area contributed by atoms with Crippen molar-refractivity contribution in [1.82, 2.24) is 9.88 Å². The first-order chi connectivity index (χ1) is 10.4. The van der Waals surface area contributed by atoms with Crippen LogP contribution in [0.15, 0.2) is 24.4 Å². The highest BCUT2D eigenvalue weighted by molar-refractivity contribution is 5.68. The number of carbonyl (C=O) groups is 1. The van der Waals surface area contributed by atoms with Gasteiger partial charge in [-0.2, -0.15) is 0 Å². The Balaban J connectivity index is 1.66. The summed E-state index contributed by atoms with van der Waals surface area (Å²) in [6, 6.07) is 5.66. The van der Waals surface area contributed by atoms with Gasteiger partial charge in [0.25, 0.3) is 0 Å². The average Bonchev–Trinajstić information content (AvgIpc) is 2.47. The summed E-state index contributed by atoms with van der Waals surface area (Å²) in [7, 11) is 0. The predicted octanol–water partition coefficient (Wildman–Crippen LogP) is 3.50. The van der Waals surface area contributed by atoms with Crippen LogP contribution in [0.1, 0.15) is 40.0 Å². The van der Waals surface area contributed by atoms with Gasteiger partial charge in [-0.05, 0) is 52.0 Å². The summed E-state index contributed by atoms with van der Waals surface area (Å²) >= 11 is 0. The number of pyridine rings is 1. The van der Waals surface area contributed by atoms with E-state index in [1.807, 2.05) is 39.0 Å². The molecule has 0 aromatic carbocycles. The Labute approximate surface area is 132 Å². The van der Waals surface area contributed by atoms with Crippen LogP contribution in [0.4, 0.5) is 4.79 Å². The van der Waals surface area contributed by atoms with Gasteiger partial charge >= 0.3 is 6.09 Å². The molecule has 0 saturated carbocycles. The standard InChI is InChI=1S/C17H26N2O3/c1-17(2,3)22-16(20)19-11-7-14(8-12-19)9-13-21-15-6-4-5-10-18-15/h4-6,10,14H,7-9,11-13H2,1-3H3. The Morgan fingerprint density at radius 2 is 2.05 bits per heavy atom. The second-order valence-corrected chi connectivity index (χ2v) is 6.72. The first-order valence-corrected chi connectivity index (χ1v) is 7.96. The van der Waals surface area contributed by atoms with Gasteiger partial charge in [-0.3, -0.25) is 0 Å². The van der Waals surface area contributed by atoms with E-state index >= 15 is 0 Å². The smallest absolute Gasteiger partial charge is 0.410 e. The SMILES string of the molecule is CC(C)(C)OC(=O)N1CCC(CCOc2ccccn2)CC1. The van der Waals surface area contributed by atoms with E-state index in [1.165, 1.54) is 0 Å². The molecule has 0 N–H and O–H groups in total. The van der Waals surface area contributed by atoms with E-state index in [0.717, 1.165) is 32.4 Å². The maximum absolute atomic E-state index is 12.0. The molecule has 1 aliphatic heterocycles. The Morgan fingerprint density at radius 3 is 2.64 bits per heavy atom. The van der Waals surface area contributed by atoms with Gasteiger partial charge in [0, 0.05) is 25.4 Å². The van der Waals surface area contributed by atoms with E-state index in [-0.39, 0.29) is 6.09 Å². The van der Waals surface area contributed by atoms with Crippen molar-refractivity contribution in [3.05, 3.63) is 24.4 Å². The number of hydrogen-bond acceptors (Lipinski definition) is 4. The van der Waals surface area contributed by atoms with E-state index in [1.54, 1.807) is 11.1 Å². The molecule has 2 rings (SSSR count). The van der Waals surface area contributed by atoms with Crippen molar-refractivity contribution in [2.24, 2.45) is 5.92 Å². The molecule has 1 aliphatic rings. The van der Waals surface area contributed by atoms with Crippen molar-refractivity contribution in [1.29, 1.82) is 0 Å². The van der Waals surface area contributed by atoms with Crippen LogP contribution in [-0.2, 0) is 4.74 Å². The molecule has 1 aromatic rings. The zero-order valence-electron chi connectivity index (χ0n) is 13.7. The van der Waals surface area contributed by atoms with Crippen molar-refractivity contribution >= 4 is 6.09 Å². The van der Waals surface area contributed by atoms with Crippen molar-refractivity contribution in [3.8, 4) is 5.88 Å². The predicted molar refractivity (Wildman–Crippen MR) is 84.9 cm³/mol. The van der Waals surface area contributed by atoms with Gasteiger partial charge in [-0.15, -0.1) is 0 Å². The van der Waals surface area contributed by atoms with Crippen molar-refractivity contribution in [2.45, 2.75) is 45.6 Å². The first kappa shape index (κ1) is 16.6. The van der Waals surface area contributed by atoms with Gasteiger partial charge in [0.1, 0.15) is 5.60 Å². The largest absolute Gasteiger partial charge is 0.478 e. The Morgan fingerprint density at radius 1 is 1.32 bits per heavy atom. The fraction of sp³-hybridized carbons (Fsp3) is 0.647. The van der Waals surface area contributed by atoms with Crippen LogP contribution in [-0.4, -0.2) is 41.3 Å². The summed E-state index contributed by atoms with van der Waals surface area (Å²) in [5.41, 5.74) is -0.426. The molecule has 1 aromatic heterocycles. The molecule has 1 saturated heterocycles. The molecule has 0 aliphatic carbocycles. The molecular formula is C17H26N2O3. The van der Waals surface area contributed by atoms with Crippen molar-refractivity contribution in [3.63, 3.8) is 0 Å². The number of ether oxygens (including phenoxy) is 2. The maximum Gasteiger partial charge on any atom is 0.410 e. The first-order valence-electron chi connectivity index (χ1n) is 7.96. The third kappa shape index (κ3) is 5.54. The Bertz CT molecular complexity index is 463. The molecule has 122 valence electrons. The highest BCUT2D eigenvalue weighted by Crippen LogP contribution is 2.22. The molecule has 1 amide bonds. The fourth-order valence-corrected chi connectivity index (χ4v) is 2.49. The third-order valence-corrected chi connectivity index (χ3v) is 3.68. The number of rotatable bonds is 4. The number of likely N-dealkylation sites (tertiary alicyclic amines) is 1. The lowest BCUT2D eigenvalue weighted by atomic mass is 9.94. The molecule has 0 unspecified atom stereocenters. The van der Waals surface area contributed by atoms with E-state index in [9.17, 15) is 4.79 Å². The molecule has 0 radical (unpaired) electrons. The van der Waals surface area contributed by atoms with Crippen molar-refractivity contribution < 1.29 is 14.3 Å².